The van der Waals surface area contributed by atoms with Crippen LogP contribution in [0.2, 0.25) is 0 Å². The average molecular weight is 552 g/mol. The molecule has 0 atom stereocenters. The molecule has 30 heavy (non-hydrogen) atoms. The number of rotatable bonds is 19. The van der Waals surface area contributed by atoms with E-state index in [1.807, 2.05) is 6.07 Å². The van der Waals surface area contributed by atoms with Gasteiger partial charge in [-0.05, 0) is 30.5 Å². The molecule has 0 unspecified atom stereocenters. The third-order valence-corrected chi connectivity index (χ3v) is 7.12. The maximum absolute atomic E-state index is 11.7. The van der Waals surface area contributed by atoms with Gasteiger partial charge in [0.1, 0.15) is 4.90 Å². The molecule has 0 aromatic heterocycles. The van der Waals surface area contributed by atoms with Crippen LogP contribution in [0.25, 0.3) is 0 Å². The van der Waals surface area contributed by atoms with Crippen LogP contribution >= 0.6 is 23.0 Å². The van der Waals surface area contributed by atoms with E-state index < -0.39 is 10.0 Å². The van der Waals surface area contributed by atoms with E-state index in [-0.39, 0.29) is 4.90 Å². The Hall–Kier alpha value is -0.340. The number of halogens is 1. The third-order valence-electron chi connectivity index (χ3n) is 5.72. The van der Waals surface area contributed by atoms with Crippen molar-refractivity contribution in [1.82, 2.24) is 0 Å². The monoisotopic (exact) mass is 551 g/mol. The Kier molecular flexibility index (Phi) is 15.9. The first-order valence-corrected chi connectivity index (χ1v) is 14.4. The lowest BCUT2D eigenvalue weighted by Crippen LogP contribution is -2.13. The highest BCUT2D eigenvalue weighted by molar-refractivity contribution is 14.1. The van der Waals surface area contributed by atoms with Crippen molar-refractivity contribution < 1.29 is 11.5 Å². The molecule has 0 bridgehead atoms. The SMILES string of the molecule is CCCCCCCCCCCCCCCCCCc1ccc(OI)c(S(N)(=O)=O)c1. The van der Waals surface area contributed by atoms with Gasteiger partial charge >= 0.3 is 0 Å². The first kappa shape index (κ1) is 27.7. The van der Waals surface area contributed by atoms with E-state index in [1.54, 1.807) is 35.1 Å². The maximum atomic E-state index is 11.7. The zero-order valence-corrected chi connectivity index (χ0v) is 21.8. The molecule has 0 aliphatic carbocycles. The highest BCUT2D eigenvalue weighted by Gasteiger charge is 2.15. The van der Waals surface area contributed by atoms with Gasteiger partial charge in [0.2, 0.25) is 10.0 Å². The Labute approximate surface area is 199 Å². The highest BCUT2D eigenvalue weighted by atomic mass is 127. The largest absolute Gasteiger partial charge is 0.426 e. The van der Waals surface area contributed by atoms with Gasteiger partial charge < -0.3 is 3.07 Å². The second kappa shape index (κ2) is 17.2. The van der Waals surface area contributed by atoms with Crippen molar-refractivity contribution in [1.29, 1.82) is 0 Å². The number of benzene rings is 1. The second-order valence-electron chi connectivity index (χ2n) is 8.46. The van der Waals surface area contributed by atoms with Crippen LogP contribution < -0.4 is 8.21 Å². The molecule has 0 saturated heterocycles. The molecular weight excluding hydrogens is 509 g/mol. The Morgan fingerprint density at radius 1 is 0.767 bits per heavy atom. The van der Waals surface area contributed by atoms with E-state index in [0.717, 1.165) is 18.4 Å². The van der Waals surface area contributed by atoms with Gasteiger partial charge in [0.15, 0.2) is 28.8 Å². The van der Waals surface area contributed by atoms with Crippen LogP contribution in [0.5, 0.6) is 5.75 Å². The molecule has 0 heterocycles. The lowest BCUT2D eigenvalue weighted by molar-refractivity contribution is 0.529. The van der Waals surface area contributed by atoms with Crippen molar-refractivity contribution in [3.63, 3.8) is 0 Å². The fourth-order valence-corrected chi connectivity index (χ4v) is 5.11. The van der Waals surface area contributed by atoms with Gasteiger partial charge in [0.25, 0.3) is 0 Å². The van der Waals surface area contributed by atoms with Crippen molar-refractivity contribution in [3.05, 3.63) is 23.8 Å². The van der Waals surface area contributed by atoms with E-state index in [0.29, 0.717) is 5.75 Å². The van der Waals surface area contributed by atoms with Crippen LogP contribution in [0, 0.1) is 0 Å². The van der Waals surface area contributed by atoms with Gasteiger partial charge in [-0.3, -0.25) is 0 Å². The molecular formula is C24H42INO3S. The van der Waals surface area contributed by atoms with Crippen molar-refractivity contribution in [3.8, 4) is 5.75 Å². The number of sulfonamides is 1. The van der Waals surface area contributed by atoms with E-state index in [1.165, 1.54) is 96.3 Å². The van der Waals surface area contributed by atoms with Crippen LogP contribution in [0.3, 0.4) is 0 Å². The Balaban J connectivity index is 1.99. The summed E-state index contributed by atoms with van der Waals surface area (Å²) in [5.74, 6) is 0.300. The summed E-state index contributed by atoms with van der Waals surface area (Å²) in [6, 6.07) is 5.26. The molecule has 0 spiro atoms. The molecule has 0 aliphatic heterocycles. The molecule has 2 N–H and O–H groups in total. The number of nitrogens with two attached hydrogens (primary N) is 1. The average Bonchev–Trinajstić information content (AvgIpc) is 2.72. The predicted octanol–water partition coefficient (Wildman–Crippen LogP) is 7.87. The molecule has 1 aromatic rings. The number of aryl methyl sites for hydroxylation is 1. The Morgan fingerprint density at radius 3 is 1.60 bits per heavy atom. The molecule has 1 rings (SSSR count). The zero-order valence-electron chi connectivity index (χ0n) is 18.8. The number of unbranched alkanes of at least 4 members (excludes halogenated alkanes) is 15. The molecule has 1 aromatic carbocycles. The van der Waals surface area contributed by atoms with Crippen LogP contribution in [0.15, 0.2) is 23.1 Å². The van der Waals surface area contributed by atoms with Crippen LogP contribution in [-0.2, 0) is 16.4 Å². The lowest BCUT2D eigenvalue weighted by Gasteiger charge is -2.08. The minimum atomic E-state index is -3.76. The van der Waals surface area contributed by atoms with Crippen molar-refractivity contribution >= 4 is 33.0 Å². The molecule has 0 fully saturated rings. The number of hydrogen-bond donors (Lipinski definition) is 1. The quantitative estimate of drug-likeness (QED) is 0.141. The lowest BCUT2D eigenvalue weighted by atomic mass is 10.0. The van der Waals surface area contributed by atoms with Gasteiger partial charge in [-0.1, -0.05) is 109 Å². The van der Waals surface area contributed by atoms with Gasteiger partial charge in [0, 0.05) is 0 Å². The minimum absolute atomic E-state index is 0.0749. The van der Waals surface area contributed by atoms with Crippen molar-refractivity contribution in [2.45, 2.75) is 121 Å². The van der Waals surface area contributed by atoms with E-state index in [4.69, 9.17) is 8.21 Å². The van der Waals surface area contributed by atoms with Gasteiger partial charge in [-0.25, -0.2) is 13.6 Å². The summed E-state index contributed by atoms with van der Waals surface area (Å²) in [4.78, 5) is 0.0749. The van der Waals surface area contributed by atoms with E-state index in [9.17, 15) is 8.42 Å². The summed E-state index contributed by atoms with van der Waals surface area (Å²) in [6.45, 7) is 2.27. The number of primary sulfonamides is 1. The van der Waals surface area contributed by atoms with E-state index in [2.05, 4.69) is 6.92 Å². The first-order valence-electron chi connectivity index (χ1n) is 11.9. The van der Waals surface area contributed by atoms with Crippen LogP contribution in [0.4, 0.5) is 0 Å². The minimum Gasteiger partial charge on any atom is -0.426 e. The van der Waals surface area contributed by atoms with Crippen molar-refractivity contribution in [2.75, 3.05) is 0 Å². The summed E-state index contributed by atoms with van der Waals surface area (Å²) < 4.78 is 28.4. The normalized spacial score (nSPS) is 11.7. The fraction of sp³-hybridized carbons (Fsp3) is 0.750. The predicted molar refractivity (Wildman–Crippen MR) is 136 cm³/mol. The zero-order chi connectivity index (χ0) is 22.1. The Morgan fingerprint density at radius 2 is 1.20 bits per heavy atom. The smallest absolute Gasteiger partial charge is 0.241 e. The highest BCUT2D eigenvalue weighted by Crippen LogP contribution is 2.26. The summed E-state index contributed by atoms with van der Waals surface area (Å²) >= 11 is 1.68. The van der Waals surface area contributed by atoms with Gasteiger partial charge in [-0.15, -0.1) is 0 Å². The van der Waals surface area contributed by atoms with Crippen LogP contribution in [-0.4, -0.2) is 8.42 Å². The molecule has 0 saturated carbocycles. The van der Waals surface area contributed by atoms with Crippen molar-refractivity contribution in [2.24, 2.45) is 5.14 Å². The molecule has 6 heteroatoms. The molecule has 0 aliphatic rings. The Bertz CT molecular complexity index is 664. The second-order valence-corrected chi connectivity index (χ2v) is 10.4. The standard InChI is InChI=1S/C24H42INO3S/c1-2-3-4-5-6-7-8-9-10-11-12-13-14-15-16-17-18-22-19-20-23(29-25)24(21-22)30(26,27)28/h19-21H,2-18H2,1H3,(H2,26,27,28). The summed E-state index contributed by atoms with van der Waals surface area (Å²) in [5, 5.41) is 5.28. The first-order chi connectivity index (χ1) is 14.5. The summed E-state index contributed by atoms with van der Waals surface area (Å²) in [5.41, 5.74) is 1.00. The fourth-order valence-electron chi connectivity index (χ4n) is 3.87. The molecule has 4 nitrogen and oxygen atoms in total. The third kappa shape index (κ3) is 13.2. The van der Waals surface area contributed by atoms with Gasteiger partial charge in [-0.2, -0.15) is 0 Å². The van der Waals surface area contributed by atoms with Gasteiger partial charge in [0.05, 0.1) is 0 Å². The van der Waals surface area contributed by atoms with E-state index >= 15 is 0 Å². The number of hydrogen-bond acceptors (Lipinski definition) is 3. The topological polar surface area (TPSA) is 69.4 Å². The maximum Gasteiger partial charge on any atom is 0.241 e. The molecule has 0 radical (unpaired) electrons. The molecule has 174 valence electrons. The summed E-state index contributed by atoms with van der Waals surface area (Å²) in [7, 11) is -3.76. The summed E-state index contributed by atoms with van der Waals surface area (Å²) in [6.07, 6.45) is 22.5. The van der Waals surface area contributed by atoms with Crippen LogP contribution in [0.1, 0.15) is 115 Å². The molecule has 0 amide bonds.